The molecule has 2 unspecified atom stereocenters. The molecule has 0 aromatic heterocycles. The van der Waals surface area contributed by atoms with Crippen LogP contribution in [0.3, 0.4) is 0 Å². The first-order valence-electron chi connectivity index (χ1n) is 10.0. The summed E-state index contributed by atoms with van der Waals surface area (Å²) in [6.07, 6.45) is 0.671. The standard InChI is InChI=1S/C22H25ClN4O3/c1-30-16-8-6-15(7-9-16)19-14-20(25-24-19)22(29)27-12-10-26(11-13-27)21(28)17-4-2-3-5-18(17)23/h2-9,19-20,24-25H,10-14H2,1H3. The van der Waals surface area contributed by atoms with Gasteiger partial charge in [-0.3, -0.25) is 9.59 Å². The number of methoxy groups -OCH3 is 1. The maximum atomic E-state index is 13.0. The number of hydrogen-bond acceptors (Lipinski definition) is 5. The van der Waals surface area contributed by atoms with Gasteiger partial charge in [0.2, 0.25) is 5.91 Å². The van der Waals surface area contributed by atoms with Gasteiger partial charge in [0, 0.05) is 32.2 Å². The van der Waals surface area contributed by atoms with Crippen LogP contribution in [0.1, 0.15) is 28.4 Å². The molecule has 0 bridgehead atoms. The minimum atomic E-state index is -0.289. The summed E-state index contributed by atoms with van der Waals surface area (Å²) in [4.78, 5) is 29.2. The van der Waals surface area contributed by atoms with Gasteiger partial charge < -0.3 is 14.5 Å². The van der Waals surface area contributed by atoms with E-state index in [4.69, 9.17) is 16.3 Å². The predicted octanol–water partition coefficient (Wildman–Crippen LogP) is 2.24. The Morgan fingerprint density at radius 3 is 2.30 bits per heavy atom. The topological polar surface area (TPSA) is 73.9 Å². The van der Waals surface area contributed by atoms with Crippen molar-refractivity contribution in [1.29, 1.82) is 0 Å². The molecule has 2 aliphatic rings. The highest BCUT2D eigenvalue weighted by atomic mass is 35.5. The van der Waals surface area contributed by atoms with Crippen molar-refractivity contribution in [3.63, 3.8) is 0 Å². The molecule has 2 aromatic carbocycles. The summed E-state index contributed by atoms with van der Waals surface area (Å²) in [5, 5.41) is 0.451. The normalized spacial score (nSPS) is 21.5. The van der Waals surface area contributed by atoms with Crippen molar-refractivity contribution >= 4 is 23.4 Å². The van der Waals surface area contributed by atoms with Gasteiger partial charge in [0.1, 0.15) is 11.8 Å². The smallest absolute Gasteiger partial charge is 0.255 e. The van der Waals surface area contributed by atoms with Crippen LogP contribution in [-0.4, -0.2) is 60.9 Å². The van der Waals surface area contributed by atoms with Crippen LogP contribution in [0.15, 0.2) is 48.5 Å². The number of ether oxygens (including phenoxy) is 1. The van der Waals surface area contributed by atoms with Crippen molar-refractivity contribution in [2.45, 2.75) is 18.5 Å². The summed E-state index contributed by atoms with van der Waals surface area (Å²) < 4.78 is 5.20. The number of amides is 2. The third kappa shape index (κ3) is 4.28. The highest BCUT2D eigenvalue weighted by Gasteiger charge is 2.34. The molecule has 158 valence electrons. The van der Waals surface area contributed by atoms with Crippen LogP contribution in [0.4, 0.5) is 0 Å². The number of hydrogen-bond donors (Lipinski definition) is 2. The Morgan fingerprint density at radius 1 is 0.967 bits per heavy atom. The van der Waals surface area contributed by atoms with E-state index >= 15 is 0 Å². The summed E-state index contributed by atoms with van der Waals surface area (Å²) in [5.41, 5.74) is 7.95. The fourth-order valence-corrected chi connectivity index (χ4v) is 4.14. The van der Waals surface area contributed by atoms with Crippen LogP contribution in [0.5, 0.6) is 5.75 Å². The van der Waals surface area contributed by atoms with Crippen LogP contribution in [-0.2, 0) is 4.79 Å². The van der Waals surface area contributed by atoms with E-state index in [2.05, 4.69) is 10.9 Å². The van der Waals surface area contributed by atoms with Gasteiger partial charge >= 0.3 is 0 Å². The maximum Gasteiger partial charge on any atom is 0.255 e. The number of benzene rings is 2. The van der Waals surface area contributed by atoms with Gasteiger partial charge in [0.25, 0.3) is 5.91 Å². The van der Waals surface area contributed by atoms with Crippen molar-refractivity contribution < 1.29 is 14.3 Å². The lowest BCUT2D eigenvalue weighted by Crippen LogP contribution is -2.54. The third-order valence-electron chi connectivity index (χ3n) is 5.70. The van der Waals surface area contributed by atoms with Crippen LogP contribution >= 0.6 is 11.6 Å². The first kappa shape index (κ1) is 20.7. The van der Waals surface area contributed by atoms with Crippen LogP contribution in [0, 0.1) is 0 Å². The van der Waals surface area contributed by atoms with Gasteiger partial charge in [-0.25, -0.2) is 10.9 Å². The van der Waals surface area contributed by atoms with E-state index in [0.717, 1.165) is 11.3 Å². The van der Waals surface area contributed by atoms with Gasteiger partial charge in [-0.2, -0.15) is 0 Å². The zero-order chi connectivity index (χ0) is 21.1. The van der Waals surface area contributed by atoms with E-state index in [-0.39, 0.29) is 23.9 Å². The number of rotatable bonds is 4. The quantitative estimate of drug-likeness (QED) is 0.781. The second kappa shape index (κ2) is 9.04. The summed E-state index contributed by atoms with van der Waals surface area (Å²) in [7, 11) is 1.64. The fourth-order valence-electron chi connectivity index (χ4n) is 3.93. The van der Waals surface area contributed by atoms with E-state index in [9.17, 15) is 9.59 Å². The van der Waals surface area contributed by atoms with Crippen molar-refractivity contribution in [2.24, 2.45) is 0 Å². The monoisotopic (exact) mass is 428 g/mol. The van der Waals surface area contributed by atoms with Gasteiger partial charge in [0.05, 0.1) is 17.7 Å². The Bertz CT molecular complexity index is 913. The third-order valence-corrected chi connectivity index (χ3v) is 6.03. The molecule has 2 heterocycles. The van der Waals surface area contributed by atoms with Crippen LogP contribution in [0.2, 0.25) is 5.02 Å². The zero-order valence-electron chi connectivity index (χ0n) is 16.8. The molecule has 8 heteroatoms. The lowest BCUT2D eigenvalue weighted by atomic mass is 10.0. The minimum Gasteiger partial charge on any atom is -0.497 e. The van der Waals surface area contributed by atoms with Crippen molar-refractivity contribution in [3.05, 3.63) is 64.7 Å². The molecule has 0 spiro atoms. The van der Waals surface area contributed by atoms with Crippen LogP contribution < -0.4 is 15.6 Å². The highest BCUT2D eigenvalue weighted by molar-refractivity contribution is 6.33. The molecular weight excluding hydrogens is 404 g/mol. The summed E-state index contributed by atoms with van der Waals surface area (Å²) >= 11 is 6.15. The Hall–Kier alpha value is -2.61. The number of hydrazine groups is 1. The molecule has 0 radical (unpaired) electrons. The molecule has 7 nitrogen and oxygen atoms in total. The average molecular weight is 429 g/mol. The minimum absolute atomic E-state index is 0.0587. The molecular formula is C22H25ClN4O3. The molecule has 30 heavy (non-hydrogen) atoms. The molecule has 0 aliphatic carbocycles. The second-order valence-electron chi connectivity index (χ2n) is 7.50. The number of nitrogens with one attached hydrogen (secondary N) is 2. The molecule has 2 aromatic rings. The second-order valence-corrected chi connectivity index (χ2v) is 7.91. The SMILES string of the molecule is COc1ccc(C2CC(C(=O)N3CCN(C(=O)c4ccccc4Cl)CC3)NN2)cc1. The Kier molecular flexibility index (Phi) is 6.22. The lowest BCUT2D eigenvalue weighted by Gasteiger charge is -2.36. The van der Waals surface area contributed by atoms with Crippen molar-refractivity contribution in [3.8, 4) is 5.75 Å². The fraction of sp³-hybridized carbons (Fsp3) is 0.364. The van der Waals surface area contributed by atoms with Crippen molar-refractivity contribution in [1.82, 2.24) is 20.7 Å². The van der Waals surface area contributed by atoms with E-state index in [1.54, 1.807) is 36.3 Å². The zero-order valence-corrected chi connectivity index (χ0v) is 17.6. The first-order chi connectivity index (χ1) is 14.6. The van der Waals surface area contributed by atoms with E-state index in [1.165, 1.54) is 0 Å². The highest BCUT2D eigenvalue weighted by Crippen LogP contribution is 2.25. The van der Waals surface area contributed by atoms with Crippen LogP contribution in [0.25, 0.3) is 0 Å². The Morgan fingerprint density at radius 2 is 1.63 bits per heavy atom. The van der Waals surface area contributed by atoms with Gasteiger partial charge in [-0.1, -0.05) is 35.9 Å². The van der Waals surface area contributed by atoms with E-state index in [1.807, 2.05) is 29.2 Å². The number of carbonyl (C=O) groups is 2. The summed E-state index contributed by atoms with van der Waals surface area (Å²) in [6.45, 7) is 2.02. The van der Waals surface area contributed by atoms with E-state index in [0.29, 0.717) is 43.2 Å². The Balaban J connectivity index is 1.31. The molecule has 0 saturated carbocycles. The predicted molar refractivity (Wildman–Crippen MR) is 114 cm³/mol. The average Bonchev–Trinajstić information content (AvgIpc) is 3.29. The van der Waals surface area contributed by atoms with Gasteiger partial charge in [0.15, 0.2) is 0 Å². The van der Waals surface area contributed by atoms with E-state index < -0.39 is 0 Å². The lowest BCUT2D eigenvalue weighted by molar-refractivity contribution is -0.134. The number of halogens is 1. The Labute approximate surface area is 180 Å². The summed E-state index contributed by atoms with van der Waals surface area (Å²) in [5.74, 6) is 0.776. The largest absolute Gasteiger partial charge is 0.497 e. The first-order valence-corrected chi connectivity index (χ1v) is 10.4. The molecule has 2 amide bonds. The molecule has 2 N–H and O–H groups in total. The number of carbonyl (C=O) groups excluding carboxylic acids is 2. The number of nitrogens with zero attached hydrogens (tertiary/aromatic N) is 2. The molecule has 4 rings (SSSR count). The molecule has 2 saturated heterocycles. The van der Waals surface area contributed by atoms with Gasteiger partial charge in [-0.15, -0.1) is 0 Å². The van der Waals surface area contributed by atoms with Gasteiger partial charge in [-0.05, 0) is 36.2 Å². The molecule has 2 fully saturated rings. The molecule has 2 aliphatic heterocycles. The maximum absolute atomic E-state index is 13.0. The van der Waals surface area contributed by atoms with Crippen molar-refractivity contribution in [2.75, 3.05) is 33.3 Å². The number of piperazine rings is 1. The summed E-state index contributed by atoms with van der Waals surface area (Å²) in [6, 6.07) is 14.7. The molecule has 2 atom stereocenters.